The number of rotatable bonds is 3. The van der Waals surface area contributed by atoms with E-state index in [2.05, 4.69) is 52.7 Å². The maximum atomic E-state index is 4.24. The zero-order valence-electron chi connectivity index (χ0n) is 14.3. The largest absolute Gasteiger partial charge is 0.344 e. The summed E-state index contributed by atoms with van der Waals surface area (Å²) in [7, 11) is 2.22. The van der Waals surface area contributed by atoms with Gasteiger partial charge in [0, 0.05) is 55.0 Å². The van der Waals surface area contributed by atoms with Crippen LogP contribution in [0.4, 0.5) is 0 Å². The second-order valence-electron chi connectivity index (χ2n) is 6.70. The van der Waals surface area contributed by atoms with Gasteiger partial charge in [-0.15, -0.1) is 12.4 Å². The van der Waals surface area contributed by atoms with Crippen LogP contribution in [0.1, 0.15) is 22.4 Å². The lowest BCUT2D eigenvalue weighted by Gasteiger charge is -2.24. The summed E-state index contributed by atoms with van der Waals surface area (Å²) in [5.74, 6) is 0. The quantitative estimate of drug-likeness (QED) is 0.718. The Kier molecular flexibility index (Phi) is 4.93. The Labute approximate surface area is 149 Å². The molecule has 0 saturated heterocycles. The number of pyridine rings is 1. The predicted molar refractivity (Wildman–Crippen MR) is 102 cm³/mol. The summed E-state index contributed by atoms with van der Waals surface area (Å²) in [6, 6.07) is 11.1. The summed E-state index contributed by atoms with van der Waals surface area (Å²) in [6.07, 6.45) is 6.01. The molecule has 2 aromatic heterocycles. The number of aromatic nitrogens is 2. The first kappa shape index (κ1) is 17.0. The van der Waals surface area contributed by atoms with Gasteiger partial charge in [0.2, 0.25) is 0 Å². The van der Waals surface area contributed by atoms with E-state index in [0.29, 0.717) is 0 Å². The van der Waals surface area contributed by atoms with Gasteiger partial charge in [-0.25, -0.2) is 0 Å². The van der Waals surface area contributed by atoms with Crippen LogP contribution < -0.4 is 0 Å². The van der Waals surface area contributed by atoms with Crippen LogP contribution in [0, 0.1) is 6.92 Å². The van der Waals surface area contributed by atoms with Crippen LogP contribution in [0.5, 0.6) is 0 Å². The van der Waals surface area contributed by atoms with Gasteiger partial charge in [0.25, 0.3) is 0 Å². The fourth-order valence-electron chi connectivity index (χ4n) is 3.74. The van der Waals surface area contributed by atoms with Crippen molar-refractivity contribution in [3.05, 3.63) is 65.1 Å². The molecule has 4 heteroatoms. The molecule has 0 fully saturated rings. The molecule has 0 amide bonds. The van der Waals surface area contributed by atoms with Gasteiger partial charge in [-0.2, -0.15) is 0 Å². The number of nitrogens with zero attached hydrogens (tertiary/aromatic N) is 3. The molecule has 126 valence electrons. The molecule has 0 spiro atoms. The first-order valence-corrected chi connectivity index (χ1v) is 8.40. The van der Waals surface area contributed by atoms with Crippen molar-refractivity contribution < 1.29 is 0 Å². The van der Waals surface area contributed by atoms with E-state index in [4.69, 9.17) is 0 Å². The predicted octanol–water partition coefficient (Wildman–Crippen LogP) is 4.00. The minimum atomic E-state index is 0. The average Bonchev–Trinajstić information content (AvgIpc) is 2.86. The number of hydrogen-bond donors (Lipinski definition) is 0. The molecule has 1 aliphatic rings. The minimum Gasteiger partial charge on any atom is -0.344 e. The molecule has 0 radical (unpaired) electrons. The molecule has 1 aliphatic heterocycles. The summed E-state index contributed by atoms with van der Waals surface area (Å²) in [4.78, 5) is 6.67. The molecule has 3 heterocycles. The number of hydrogen-bond acceptors (Lipinski definition) is 2. The number of halogens is 1. The van der Waals surface area contributed by atoms with E-state index in [1.165, 1.54) is 33.3 Å². The molecule has 24 heavy (non-hydrogen) atoms. The maximum Gasteiger partial charge on any atom is 0.0486 e. The lowest BCUT2D eigenvalue weighted by Crippen LogP contribution is -2.27. The van der Waals surface area contributed by atoms with Gasteiger partial charge in [0.05, 0.1) is 0 Å². The van der Waals surface area contributed by atoms with Crippen LogP contribution in [0.3, 0.4) is 0 Å². The summed E-state index contributed by atoms with van der Waals surface area (Å²) >= 11 is 0. The molecular formula is C20H24ClN3. The SMILES string of the molecule is Cc1ccc2c(c1)c1c(n2CCc2cccnc2)CCN(C)C1.Cl. The van der Waals surface area contributed by atoms with Gasteiger partial charge in [0.15, 0.2) is 0 Å². The van der Waals surface area contributed by atoms with Crippen molar-refractivity contribution in [3.8, 4) is 0 Å². The molecule has 0 atom stereocenters. The smallest absolute Gasteiger partial charge is 0.0486 e. The molecule has 0 N–H and O–H groups in total. The summed E-state index contributed by atoms with van der Waals surface area (Å²) in [5.41, 5.74) is 7.11. The summed E-state index contributed by atoms with van der Waals surface area (Å²) in [5, 5.41) is 1.44. The van der Waals surface area contributed by atoms with Crippen molar-refractivity contribution in [2.75, 3.05) is 13.6 Å². The normalized spacial score (nSPS) is 14.4. The van der Waals surface area contributed by atoms with Crippen molar-refractivity contribution in [2.24, 2.45) is 0 Å². The highest BCUT2D eigenvalue weighted by molar-refractivity contribution is 5.86. The third kappa shape index (κ3) is 3.06. The standard InChI is InChI=1S/C20H23N3.ClH/c1-15-5-6-19-17(12-15)18-14-22(2)10-8-20(18)23(19)11-7-16-4-3-9-21-13-16;/h3-6,9,12-13H,7-8,10-11,14H2,1-2H3;1H. The van der Waals surface area contributed by atoms with Crippen LogP contribution in [-0.4, -0.2) is 28.0 Å². The van der Waals surface area contributed by atoms with E-state index < -0.39 is 0 Å². The van der Waals surface area contributed by atoms with Gasteiger partial charge in [0.1, 0.15) is 0 Å². The Hall–Kier alpha value is -1.84. The van der Waals surface area contributed by atoms with E-state index in [-0.39, 0.29) is 12.4 Å². The van der Waals surface area contributed by atoms with Gasteiger partial charge in [-0.3, -0.25) is 4.98 Å². The number of benzene rings is 1. The third-order valence-corrected chi connectivity index (χ3v) is 4.95. The Morgan fingerprint density at radius 3 is 2.88 bits per heavy atom. The third-order valence-electron chi connectivity index (χ3n) is 4.95. The molecule has 0 bridgehead atoms. The van der Waals surface area contributed by atoms with Crippen molar-refractivity contribution in [3.63, 3.8) is 0 Å². The van der Waals surface area contributed by atoms with Crippen molar-refractivity contribution in [1.29, 1.82) is 0 Å². The van der Waals surface area contributed by atoms with Gasteiger partial charge < -0.3 is 9.47 Å². The van der Waals surface area contributed by atoms with E-state index in [0.717, 1.165) is 32.5 Å². The Morgan fingerprint density at radius 1 is 1.21 bits per heavy atom. The van der Waals surface area contributed by atoms with Gasteiger partial charge >= 0.3 is 0 Å². The topological polar surface area (TPSA) is 21.1 Å². The van der Waals surface area contributed by atoms with E-state index in [9.17, 15) is 0 Å². The van der Waals surface area contributed by atoms with Gasteiger partial charge in [-0.1, -0.05) is 17.7 Å². The van der Waals surface area contributed by atoms with E-state index in [1.54, 1.807) is 0 Å². The zero-order valence-corrected chi connectivity index (χ0v) is 15.1. The summed E-state index contributed by atoms with van der Waals surface area (Å²) in [6.45, 7) is 5.43. The Morgan fingerprint density at radius 2 is 2.08 bits per heavy atom. The number of likely N-dealkylation sites (N-methyl/N-ethyl adjacent to an activating group) is 1. The Bertz CT molecular complexity index is 839. The minimum absolute atomic E-state index is 0. The van der Waals surface area contributed by atoms with E-state index in [1.807, 2.05) is 18.5 Å². The van der Waals surface area contributed by atoms with Crippen LogP contribution in [0.2, 0.25) is 0 Å². The lowest BCUT2D eigenvalue weighted by molar-refractivity contribution is 0.309. The molecule has 1 aromatic carbocycles. The first-order chi connectivity index (χ1) is 11.2. The first-order valence-electron chi connectivity index (χ1n) is 8.40. The van der Waals surface area contributed by atoms with Gasteiger partial charge in [-0.05, 0) is 49.7 Å². The summed E-state index contributed by atoms with van der Waals surface area (Å²) < 4.78 is 2.55. The highest BCUT2D eigenvalue weighted by Gasteiger charge is 2.22. The second-order valence-corrected chi connectivity index (χ2v) is 6.70. The van der Waals surface area contributed by atoms with Crippen molar-refractivity contribution >= 4 is 23.3 Å². The highest BCUT2D eigenvalue weighted by Crippen LogP contribution is 2.31. The highest BCUT2D eigenvalue weighted by atomic mass is 35.5. The fourth-order valence-corrected chi connectivity index (χ4v) is 3.74. The maximum absolute atomic E-state index is 4.24. The van der Waals surface area contributed by atoms with Crippen LogP contribution in [0.15, 0.2) is 42.7 Å². The average molecular weight is 342 g/mol. The molecule has 0 aliphatic carbocycles. The van der Waals surface area contributed by atoms with Crippen molar-refractivity contribution in [2.45, 2.75) is 32.9 Å². The lowest BCUT2D eigenvalue weighted by atomic mass is 10.0. The fraction of sp³-hybridized carbons (Fsp3) is 0.350. The van der Waals surface area contributed by atoms with Crippen molar-refractivity contribution in [1.82, 2.24) is 14.5 Å². The molecular weight excluding hydrogens is 318 g/mol. The second kappa shape index (κ2) is 6.96. The Balaban J connectivity index is 0.00000169. The molecule has 3 nitrogen and oxygen atoms in total. The molecule has 4 rings (SSSR count). The van der Waals surface area contributed by atoms with Crippen LogP contribution in [0.25, 0.3) is 10.9 Å². The number of fused-ring (bicyclic) bond motifs is 3. The monoisotopic (exact) mass is 341 g/mol. The number of aryl methyl sites for hydroxylation is 3. The molecule has 0 unspecified atom stereocenters. The van der Waals surface area contributed by atoms with E-state index >= 15 is 0 Å². The molecule has 3 aromatic rings. The van der Waals surface area contributed by atoms with Crippen LogP contribution in [-0.2, 0) is 25.9 Å². The van der Waals surface area contributed by atoms with Crippen LogP contribution >= 0.6 is 12.4 Å². The zero-order chi connectivity index (χ0) is 15.8. The molecule has 0 saturated carbocycles.